The van der Waals surface area contributed by atoms with E-state index in [1.54, 1.807) is 0 Å². The van der Waals surface area contributed by atoms with E-state index in [2.05, 4.69) is 14.9 Å². The number of rotatable bonds is 4. The first-order chi connectivity index (χ1) is 6.77. The lowest BCUT2D eigenvalue weighted by atomic mass is 10.1. The van der Waals surface area contributed by atoms with Crippen LogP contribution >= 0.6 is 11.5 Å². The Hall–Kier alpha value is -1.48. The number of carbonyl (C=O) groups is 1. The molecule has 0 aliphatic heterocycles. The number of aromatic nitrogens is 2. The van der Waals surface area contributed by atoms with E-state index in [0.29, 0.717) is 11.3 Å². The van der Waals surface area contributed by atoms with Crippen molar-refractivity contribution in [2.24, 2.45) is 0 Å². The Morgan fingerprint density at radius 3 is 3.14 bits per heavy atom. The van der Waals surface area contributed by atoms with Crippen molar-refractivity contribution in [2.75, 3.05) is 0 Å². The summed E-state index contributed by atoms with van der Waals surface area (Å²) in [6.45, 7) is 1.92. The van der Waals surface area contributed by atoms with Crippen molar-refractivity contribution in [3.8, 4) is 6.07 Å². The van der Waals surface area contributed by atoms with E-state index in [1.165, 1.54) is 6.20 Å². The summed E-state index contributed by atoms with van der Waals surface area (Å²) in [5, 5.41) is 14.8. The number of nitrogens with one attached hydrogen (secondary N) is 1. The van der Waals surface area contributed by atoms with E-state index in [-0.39, 0.29) is 11.9 Å². The molecule has 1 aromatic rings. The normalized spacial score (nSPS) is 11.7. The van der Waals surface area contributed by atoms with Crippen molar-refractivity contribution in [3.63, 3.8) is 0 Å². The summed E-state index contributed by atoms with van der Waals surface area (Å²) in [5.74, 6) is -0.206. The lowest BCUT2D eigenvalue weighted by molar-refractivity contribution is 0.0940. The second kappa shape index (κ2) is 5.29. The van der Waals surface area contributed by atoms with Crippen LogP contribution in [0.2, 0.25) is 0 Å². The van der Waals surface area contributed by atoms with Gasteiger partial charge in [-0.25, -0.2) is 0 Å². The minimum absolute atomic E-state index is 0.0883. The minimum Gasteiger partial charge on any atom is -0.347 e. The molecule has 1 rings (SSSR count). The zero-order chi connectivity index (χ0) is 10.4. The average molecular weight is 210 g/mol. The number of nitrogens with zero attached hydrogens (tertiary/aromatic N) is 3. The van der Waals surface area contributed by atoms with Gasteiger partial charge in [0.25, 0.3) is 5.91 Å². The van der Waals surface area contributed by atoms with E-state index in [9.17, 15) is 4.79 Å². The Morgan fingerprint density at radius 1 is 1.86 bits per heavy atom. The summed E-state index contributed by atoms with van der Waals surface area (Å²) in [6, 6.07) is 1.94. The standard InChI is InChI=1S/C8H10N4OS/c1-2-6(3-4-9)11-8(13)7-5-10-12-14-7/h5-6H,2-3H2,1H3,(H,11,13). The van der Waals surface area contributed by atoms with Crippen LogP contribution in [0.3, 0.4) is 0 Å². The molecule has 1 atom stereocenters. The summed E-state index contributed by atoms with van der Waals surface area (Å²) >= 11 is 1.05. The largest absolute Gasteiger partial charge is 0.347 e. The van der Waals surface area contributed by atoms with Gasteiger partial charge in [0.05, 0.1) is 18.7 Å². The monoisotopic (exact) mass is 210 g/mol. The van der Waals surface area contributed by atoms with Crippen molar-refractivity contribution < 1.29 is 4.79 Å². The maximum absolute atomic E-state index is 11.5. The maximum atomic E-state index is 11.5. The highest BCUT2D eigenvalue weighted by molar-refractivity contribution is 7.07. The SMILES string of the molecule is CCC(CC#N)NC(=O)c1cnns1. The molecule has 0 saturated heterocycles. The average Bonchev–Trinajstić information content (AvgIpc) is 2.69. The first-order valence-electron chi connectivity index (χ1n) is 4.23. The lowest BCUT2D eigenvalue weighted by Gasteiger charge is -2.11. The highest BCUT2D eigenvalue weighted by atomic mass is 32.1. The van der Waals surface area contributed by atoms with Crippen LogP contribution < -0.4 is 5.32 Å². The van der Waals surface area contributed by atoms with Gasteiger partial charge < -0.3 is 5.32 Å². The van der Waals surface area contributed by atoms with E-state index < -0.39 is 0 Å². The van der Waals surface area contributed by atoms with Crippen molar-refractivity contribution in [1.29, 1.82) is 5.26 Å². The van der Waals surface area contributed by atoms with E-state index in [1.807, 2.05) is 13.0 Å². The summed E-state index contributed by atoms with van der Waals surface area (Å²) in [7, 11) is 0. The molecule has 74 valence electrons. The van der Waals surface area contributed by atoms with Crippen LogP contribution in [0, 0.1) is 11.3 Å². The third-order valence-corrected chi connectivity index (χ3v) is 2.41. The van der Waals surface area contributed by atoms with Gasteiger partial charge in [-0.3, -0.25) is 4.79 Å². The van der Waals surface area contributed by atoms with Gasteiger partial charge in [-0.05, 0) is 18.0 Å². The Labute approximate surface area is 85.9 Å². The van der Waals surface area contributed by atoms with Gasteiger partial charge in [0, 0.05) is 6.04 Å². The Kier molecular flexibility index (Phi) is 4.01. The first-order valence-corrected chi connectivity index (χ1v) is 5.00. The molecule has 0 saturated carbocycles. The summed E-state index contributed by atoms with van der Waals surface area (Å²) in [4.78, 5) is 11.9. The molecule has 0 aliphatic carbocycles. The van der Waals surface area contributed by atoms with E-state index in [4.69, 9.17) is 5.26 Å². The topological polar surface area (TPSA) is 78.7 Å². The first kappa shape index (κ1) is 10.6. The Bertz CT molecular complexity index is 330. The maximum Gasteiger partial charge on any atom is 0.264 e. The van der Waals surface area contributed by atoms with Gasteiger partial charge in [-0.2, -0.15) is 5.26 Å². The molecule has 0 aromatic carbocycles. The quantitative estimate of drug-likeness (QED) is 0.802. The van der Waals surface area contributed by atoms with Gasteiger partial charge in [0.15, 0.2) is 0 Å². The highest BCUT2D eigenvalue weighted by Gasteiger charge is 2.13. The van der Waals surface area contributed by atoms with Crippen LogP contribution in [-0.2, 0) is 0 Å². The molecular weight excluding hydrogens is 200 g/mol. The van der Waals surface area contributed by atoms with Crippen molar-refractivity contribution >= 4 is 17.4 Å². The van der Waals surface area contributed by atoms with Crippen LogP contribution in [0.4, 0.5) is 0 Å². The summed E-state index contributed by atoms with van der Waals surface area (Å²) in [5.41, 5.74) is 0. The fraction of sp³-hybridized carbons (Fsp3) is 0.500. The highest BCUT2D eigenvalue weighted by Crippen LogP contribution is 2.04. The third-order valence-electron chi connectivity index (χ3n) is 1.75. The number of nitriles is 1. The summed E-state index contributed by atoms with van der Waals surface area (Å²) in [6.07, 6.45) is 2.49. The van der Waals surface area contributed by atoms with Gasteiger partial charge >= 0.3 is 0 Å². The number of carbonyl (C=O) groups excluding carboxylic acids is 1. The van der Waals surface area contributed by atoms with Crippen LogP contribution in [0.25, 0.3) is 0 Å². The molecular formula is C8H10N4OS. The van der Waals surface area contributed by atoms with Crippen LogP contribution in [-0.4, -0.2) is 21.5 Å². The van der Waals surface area contributed by atoms with Gasteiger partial charge in [0.2, 0.25) is 0 Å². The third kappa shape index (κ3) is 2.78. The second-order valence-corrected chi connectivity index (χ2v) is 3.51. The smallest absolute Gasteiger partial charge is 0.264 e. The molecule has 1 unspecified atom stereocenters. The number of amides is 1. The molecule has 0 spiro atoms. The molecule has 6 heteroatoms. The van der Waals surface area contributed by atoms with E-state index >= 15 is 0 Å². The molecule has 1 heterocycles. The van der Waals surface area contributed by atoms with Crippen LogP contribution in [0.1, 0.15) is 29.4 Å². The summed E-state index contributed by atoms with van der Waals surface area (Å²) < 4.78 is 3.59. The lowest BCUT2D eigenvalue weighted by Crippen LogP contribution is -2.33. The predicted octanol–water partition coefficient (Wildman–Crippen LogP) is 0.960. The number of hydrogen-bond donors (Lipinski definition) is 1. The Balaban J connectivity index is 2.52. The molecule has 0 fully saturated rings. The second-order valence-electron chi connectivity index (χ2n) is 2.72. The van der Waals surface area contributed by atoms with Crippen LogP contribution in [0.5, 0.6) is 0 Å². The minimum atomic E-state index is -0.206. The number of hydrogen-bond acceptors (Lipinski definition) is 5. The molecule has 0 aliphatic rings. The molecule has 0 bridgehead atoms. The van der Waals surface area contributed by atoms with E-state index in [0.717, 1.165) is 18.0 Å². The molecule has 0 radical (unpaired) electrons. The van der Waals surface area contributed by atoms with Crippen LogP contribution in [0.15, 0.2) is 6.20 Å². The predicted molar refractivity (Wildman–Crippen MR) is 51.7 cm³/mol. The van der Waals surface area contributed by atoms with Gasteiger partial charge in [-0.1, -0.05) is 11.4 Å². The zero-order valence-electron chi connectivity index (χ0n) is 7.73. The molecule has 1 N–H and O–H groups in total. The van der Waals surface area contributed by atoms with Crippen molar-refractivity contribution in [1.82, 2.24) is 14.9 Å². The molecule has 1 aromatic heterocycles. The van der Waals surface area contributed by atoms with Crippen molar-refractivity contribution in [3.05, 3.63) is 11.1 Å². The molecule has 5 nitrogen and oxygen atoms in total. The molecule has 14 heavy (non-hydrogen) atoms. The fourth-order valence-electron chi connectivity index (χ4n) is 0.931. The van der Waals surface area contributed by atoms with Crippen molar-refractivity contribution in [2.45, 2.75) is 25.8 Å². The van der Waals surface area contributed by atoms with Gasteiger partial charge in [-0.15, -0.1) is 5.10 Å². The van der Waals surface area contributed by atoms with Gasteiger partial charge in [0.1, 0.15) is 4.88 Å². The molecule has 1 amide bonds. The fourth-order valence-corrected chi connectivity index (χ4v) is 1.35. The zero-order valence-corrected chi connectivity index (χ0v) is 8.54. The Morgan fingerprint density at radius 2 is 2.64 bits per heavy atom.